The molecule has 0 spiro atoms. The van der Waals surface area contributed by atoms with E-state index in [9.17, 15) is 18.4 Å². The Kier molecular flexibility index (Phi) is 5.79. The van der Waals surface area contributed by atoms with E-state index >= 15 is 0 Å². The van der Waals surface area contributed by atoms with Crippen LogP contribution in [0.2, 0.25) is 5.02 Å². The fourth-order valence-electron chi connectivity index (χ4n) is 3.08. The van der Waals surface area contributed by atoms with Crippen molar-refractivity contribution in [1.82, 2.24) is 4.90 Å². The molecule has 4 rings (SSSR count). The largest absolute Gasteiger partial charge is 0.324 e. The minimum absolute atomic E-state index is 0.0901. The SMILES string of the molecule is Cc1ccc(N=C2SC(CC(=O)Nc3ccc(F)cc3F)C(=O)N2C2CC2)cc1Cl. The van der Waals surface area contributed by atoms with Crippen LogP contribution in [0.25, 0.3) is 0 Å². The number of nitrogens with zero attached hydrogens (tertiary/aromatic N) is 2. The molecule has 1 aliphatic heterocycles. The zero-order chi connectivity index (χ0) is 21.4. The topological polar surface area (TPSA) is 61.8 Å². The smallest absolute Gasteiger partial charge is 0.242 e. The van der Waals surface area contributed by atoms with Crippen molar-refractivity contribution in [3.8, 4) is 0 Å². The number of hydrogen-bond donors (Lipinski definition) is 1. The van der Waals surface area contributed by atoms with Crippen LogP contribution in [0.1, 0.15) is 24.8 Å². The summed E-state index contributed by atoms with van der Waals surface area (Å²) in [6.07, 6.45) is 1.64. The summed E-state index contributed by atoms with van der Waals surface area (Å²) >= 11 is 7.39. The zero-order valence-corrected chi connectivity index (χ0v) is 17.6. The average Bonchev–Trinajstić information content (AvgIpc) is 3.47. The minimum atomic E-state index is -0.869. The molecule has 1 unspecified atom stereocenters. The van der Waals surface area contributed by atoms with Gasteiger partial charge in [0.05, 0.1) is 11.4 Å². The predicted molar refractivity (Wildman–Crippen MR) is 114 cm³/mol. The van der Waals surface area contributed by atoms with E-state index in [1.54, 1.807) is 11.0 Å². The fourth-order valence-corrected chi connectivity index (χ4v) is 4.47. The summed E-state index contributed by atoms with van der Waals surface area (Å²) in [5.74, 6) is -2.31. The lowest BCUT2D eigenvalue weighted by Gasteiger charge is -2.15. The Morgan fingerprint density at radius 2 is 2.03 bits per heavy atom. The number of anilines is 1. The molecule has 2 fully saturated rings. The van der Waals surface area contributed by atoms with Gasteiger partial charge in [0.25, 0.3) is 0 Å². The van der Waals surface area contributed by atoms with Crippen LogP contribution in [0.5, 0.6) is 0 Å². The Morgan fingerprint density at radius 3 is 2.70 bits per heavy atom. The molecule has 30 heavy (non-hydrogen) atoms. The van der Waals surface area contributed by atoms with Crippen molar-refractivity contribution in [2.75, 3.05) is 5.32 Å². The Labute approximate surface area is 181 Å². The molecule has 1 N–H and O–H groups in total. The molecule has 9 heteroatoms. The van der Waals surface area contributed by atoms with Crippen molar-refractivity contribution in [1.29, 1.82) is 0 Å². The van der Waals surface area contributed by atoms with Crippen molar-refractivity contribution >= 4 is 51.7 Å². The molecule has 156 valence electrons. The molecule has 1 heterocycles. The second kappa shape index (κ2) is 8.35. The van der Waals surface area contributed by atoms with Crippen molar-refractivity contribution < 1.29 is 18.4 Å². The Hall–Kier alpha value is -2.45. The van der Waals surface area contributed by atoms with Crippen LogP contribution in [0.15, 0.2) is 41.4 Å². The molecule has 2 aliphatic rings. The third-order valence-corrected chi connectivity index (χ3v) is 6.39. The molecule has 0 radical (unpaired) electrons. The van der Waals surface area contributed by atoms with Gasteiger partial charge in [0.1, 0.15) is 16.9 Å². The standard InChI is InChI=1S/C21H18ClF2N3O2S/c1-11-2-4-13(9-15(11)22)25-21-27(14-5-6-14)20(29)18(30-21)10-19(28)26-17-7-3-12(23)8-16(17)24/h2-4,7-9,14,18H,5-6,10H2,1H3,(H,26,28). The van der Waals surface area contributed by atoms with Gasteiger partial charge in [-0.15, -0.1) is 0 Å². The molecule has 2 aromatic rings. The summed E-state index contributed by atoms with van der Waals surface area (Å²) in [4.78, 5) is 31.5. The number of halogens is 3. The highest BCUT2D eigenvalue weighted by Crippen LogP contribution is 2.39. The second-order valence-electron chi connectivity index (χ2n) is 7.25. The maximum atomic E-state index is 13.8. The number of carbonyl (C=O) groups is 2. The van der Waals surface area contributed by atoms with Crippen LogP contribution < -0.4 is 5.32 Å². The molecule has 1 aliphatic carbocycles. The van der Waals surface area contributed by atoms with E-state index < -0.39 is 22.8 Å². The van der Waals surface area contributed by atoms with Gasteiger partial charge in [0.2, 0.25) is 11.8 Å². The van der Waals surface area contributed by atoms with Crippen molar-refractivity contribution in [3.05, 3.63) is 58.6 Å². The first-order valence-corrected chi connectivity index (χ1v) is 10.7. The summed E-state index contributed by atoms with van der Waals surface area (Å²) in [6, 6.07) is 8.40. The molecule has 0 aromatic heterocycles. The lowest BCUT2D eigenvalue weighted by molar-refractivity contribution is -0.128. The average molecular weight is 450 g/mol. The summed E-state index contributed by atoms with van der Waals surface area (Å²) in [6.45, 7) is 1.89. The number of hydrogen-bond acceptors (Lipinski definition) is 4. The van der Waals surface area contributed by atoms with Crippen molar-refractivity contribution in [2.45, 2.75) is 37.5 Å². The third kappa shape index (κ3) is 4.49. The first kappa shape index (κ1) is 20.8. The van der Waals surface area contributed by atoms with Crippen LogP contribution in [-0.2, 0) is 9.59 Å². The Morgan fingerprint density at radius 1 is 1.27 bits per heavy atom. The molecule has 2 amide bonds. The van der Waals surface area contributed by atoms with Gasteiger partial charge in [-0.2, -0.15) is 0 Å². The molecule has 1 atom stereocenters. The highest BCUT2D eigenvalue weighted by atomic mass is 35.5. The minimum Gasteiger partial charge on any atom is -0.324 e. The Balaban J connectivity index is 1.50. The van der Waals surface area contributed by atoms with E-state index in [1.807, 2.05) is 19.1 Å². The third-order valence-electron chi connectivity index (χ3n) is 4.83. The molecular formula is C21H18ClF2N3O2S. The van der Waals surface area contributed by atoms with Crippen LogP contribution in [-0.4, -0.2) is 33.2 Å². The molecule has 2 aromatic carbocycles. The summed E-state index contributed by atoms with van der Waals surface area (Å²) in [5.41, 5.74) is 1.43. The number of aliphatic imine (C=N–C) groups is 1. The van der Waals surface area contributed by atoms with Crippen LogP contribution >= 0.6 is 23.4 Å². The molecule has 0 bridgehead atoms. The van der Waals surface area contributed by atoms with E-state index in [0.29, 0.717) is 21.9 Å². The number of carbonyl (C=O) groups excluding carboxylic acids is 2. The number of benzene rings is 2. The van der Waals surface area contributed by atoms with Gasteiger partial charge in [-0.1, -0.05) is 29.4 Å². The summed E-state index contributed by atoms with van der Waals surface area (Å²) < 4.78 is 26.8. The van der Waals surface area contributed by atoms with Crippen LogP contribution in [0, 0.1) is 18.6 Å². The van der Waals surface area contributed by atoms with Gasteiger partial charge in [0.15, 0.2) is 5.17 Å². The van der Waals surface area contributed by atoms with Crippen molar-refractivity contribution in [3.63, 3.8) is 0 Å². The van der Waals surface area contributed by atoms with Crippen LogP contribution in [0.3, 0.4) is 0 Å². The number of aryl methyl sites for hydroxylation is 1. The van der Waals surface area contributed by atoms with Crippen molar-refractivity contribution in [2.24, 2.45) is 4.99 Å². The van der Waals surface area contributed by atoms with Gasteiger partial charge in [0, 0.05) is 23.6 Å². The molecule has 1 saturated carbocycles. The fraction of sp³-hybridized carbons (Fsp3) is 0.286. The Bertz CT molecular complexity index is 1060. The van der Waals surface area contributed by atoms with E-state index in [4.69, 9.17) is 11.6 Å². The predicted octanol–water partition coefficient (Wildman–Crippen LogP) is 5.05. The molecular weight excluding hydrogens is 432 g/mol. The van der Waals surface area contributed by atoms with E-state index in [1.165, 1.54) is 11.8 Å². The highest BCUT2D eigenvalue weighted by molar-refractivity contribution is 8.15. The lowest BCUT2D eigenvalue weighted by atomic mass is 10.2. The normalized spacial score (nSPS) is 20.1. The van der Waals surface area contributed by atoms with Gasteiger partial charge in [-0.25, -0.2) is 13.8 Å². The highest BCUT2D eigenvalue weighted by Gasteiger charge is 2.46. The second-order valence-corrected chi connectivity index (χ2v) is 8.83. The summed E-state index contributed by atoms with van der Waals surface area (Å²) in [7, 11) is 0. The van der Waals surface area contributed by atoms with E-state index in [2.05, 4.69) is 10.3 Å². The van der Waals surface area contributed by atoms with Crippen LogP contribution in [0.4, 0.5) is 20.2 Å². The van der Waals surface area contributed by atoms with Gasteiger partial charge >= 0.3 is 0 Å². The number of rotatable bonds is 5. The number of amides is 2. The number of nitrogens with one attached hydrogen (secondary N) is 1. The first-order valence-electron chi connectivity index (χ1n) is 9.41. The maximum absolute atomic E-state index is 13.8. The number of amidine groups is 1. The lowest BCUT2D eigenvalue weighted by Crippen LogP contribution is -2.35. The molecule has 1 saturated heterocycles. The summed E-state index contributed by atoms with van der Waals surface area (Å²) in [5, 5.41) is 2.86. The van der Waals surface area contributed by atoms with Gasteiger partial charge in [-0.3, -0.25) is 14.5 Å². The first-order chi connectivity index (χ1) is 14.3. The quantitative estimate of drug-likeness (QED) is 0.694. The monoisotopic (exact) mass is 449 g/mol. The zero-order valence-electron chi connectivity index (χ0n) is 16.0. The van der Waals surface area contributed by atoms with E-state index in [0.717, 1.165) is 30.5 Å². The molecule has 5 nitrogen and oxygen atoms in total. The maximum Gasteiger partial charge on any atom is 0.242 e. The van der Waals surface area contributed by atoms with Gasteiger partial charge < -0.3 is 5.32 Å². The number of thioether (sulfide) groups is 1. The van der Waals surface area contributed by atoms with Gasteiger partial charge in [-0.05, 0) is 49.6 Å². The van der Waals surface area contributed by atoms with E-state index in [-0.39, 0.29) is 24.1 Å².